The van der Waals surface area contributed by atoms with E-state index in [1.165, 1.54) is 17.8 Å². The standard InChI is InChI=1S/C19H17FN2OS/c1-13-5-2-3-7-17(13)22-18(23)12-24-11-14-8-9-16(20)15-6-4-10-21-19(14)15/h2-10H,11-12H2,1H3,(H,22,23). The lowest BCUT2D eigenvalue weighted by Gasteiger charge is -2.09. The molecule has 0 saturated carbocycles. The molecule has 0 spiro atoms. The second-order valence-electron chi connectivity index (χ2n) is 5.46. The topological polar surface area (TPSA) is 42.0 Å². The Morgan fingerprint density at radius 2 is 2.00 bits per heavy atom. The van der Waals surface area contributed by atoms with Gasteiger partial charge in [0, 0.05) is 23.0 Å². The van der Waals surface area contributed by atoms with Crippen molar-refractivity contribution in [3.8, 4) is 0 Å². The molecule has 2 aromatic carbocycles. The number of anilines is 1. The number of benzene rings is 2. The number of nitrogens with zero attached hydrogens (tertiary/aromatic N) is 1. The van der Waals surface area contributed by atoms with Gasteiger partial charge in [0.2, 0.25) is 5.91 Å². The fourth-order valence-corrected chi connectivity index (χ4v) is 3.28. The van der Waals surface area contributed by atoms with Crippen molar-refractivity contribution in [2.24, 2.45) is 0 Å². The Morgan fingerprint density at radius 3 is 2.83 bits per heavy atom. The molecule has 0 radical (unpaired) electrons. The highest BCUT2D eigenvalue weighted by atomic mass is 32.2. The lowest BCUT2D eigenvalue weighted by molar-refractivity contribution is -0.113. The number of amides is 1. The smallest absolute Gasteiger partial charge is 0.234 e. The van der Waals surface area contributed by atoms with Crippen LogP contribution in [0.1, 0.15) is 11.1 Å². The third kappa shape index (κ3) is 3.74. The summed E-state index contributed by atoms with van der Waals surface area (Å²) in [6.07, 6.45) is 1.65. The Morgan fingerprint density at radius 1 is 1.17 bits per heavy atom. The second-order valence-corrected chi connectivity index (χ2v) is 6.45. The summed E-state index contributed by atoms with van der Waals surface area (Å²) < 4.78 is 13.8. The van der Waals surface area contributed by atoms with Gasteiger partial charge < -0.3 is 5.32 Å². The summed E-state index contributed by atoms with van der Waals surface area (Å²) in [7, 11) is 0. The minimum Gasteiger partial charge on any atom is -0.325 e. The van der Waals surface area contributed by atoms with Gasteiger partial charge in [-0.05, 0) is 42.3 Å². The maximum absolute atomic E-state index is 13.8. The van der Waals surface area contributed by atoms with Crippen LogP contribution in [0.3, 0.4) is 0 Å². The number of fused-ring (bicyclic) bond motifs is 1. The van der Waals surface area contributed by atoms with Gasteiger partial charge in [-0.1, -0.05) is 24.3 Å². The minimum absolute atomic E-state index is 0.0475. The zero-order chi connectivity index (χ0) is 16.9. The summed E-state index contributed by atoms with van der Waals surface area (Å²) in [5, 5.41) is 3.42. The van der Waals surface area contributed by atoms with Crippen molar-refractivity contribution in [1.82, 2.24) is 4.98 Å². The minimum atomic E-state index is -0.274. The first-order chi connectivity index (χ1) is 11.6. The number of halogens is 1. The van der Waals surface area contributed by atoms with E-state index < -0.39 is 0 Å². The van der Waals surface area contributed by atoms with Crippen molar-refractivity contribution in [2.75, 3.05) is 11.1 Å². The molecule has 122 valence electrons. The van der Waals surface area contributed by atoms with Crippen LogP contribution in [0, 0.1) is 12.7 Å². The lowest BCUT2D eigenvalue weighted by Crippen LogP contribution is -2.14. The number of carbonyl (C=O) groups excluding carboxylic acids is 1. The zero-order valence-electron chi connectivity index (χ0n) is 13.3. The van der Waals surface area contributed by atoms with E-state index in [1.54, 1.807) is 24.4 Å². The molecule has 3 aromatic rings. The molecule has 0 aliphatic rings. The number of hydrogen-bond donors (Lipinski definition) is 1. The number of carbonyl (C=O) groups is 1. The monoisotopic (exact) mass is 340 g/mol. The third-order valence-electron chi connectivity index (χ3n) is 3.71. The fraction of sp³-hybridized carbons (Fsp3) is 0.158. The van der Waals surface area contributed by atoms with E-state index >= 15 is 0 Å². The molecule has 0 atom stereocenters. The summed E-state index contributed by atoms with van der Waals surface area (Å²) in [5.41, 5.74) is 3.45. The summed E-state index contributed by atoms with van der Waals surface area (Å²) in [5.74, 6) is 0.618. The quantitative estimate of drug-likeness (QED) is 0.741. The number of nitrogens with one attached hydrogen (secondary N) is 1. The molecular weight excluding hydrogens is 323 g/mol. The number of aryl methyl sites for hydroxylation is 1. The Hall–Kier alpha value is -2.40. The number of pyridine rings is 1. The second kappa shape index (κ2) is 7.45. The Kier molecular flexibility index (Phi) is 5.11. The number of aromatic nitrogens is 1. The first-order valence-corrected chi connectivity index (χ1v) is 8.76. The molecular formula is C19H17FN2OS. The fourth-order valence-electron chi connectivity index (χ4n) is 2.47. The highest BCUT2D eigenvalue weighted by molar-refractivity contribution is 7.99. The molecule has 0 unspecified atom stereocenters. The van der Waals surface area contributed by atoms with E-state index in [0.29, 0.717) is 22.4 Å². The highest BCUT2D eigenvalue weighted by Gasteiger charge is 2.09. The number of rotatable bonds is 5. The predicted octanol–water partition coefficient (Wildman–Crippen LogP) is 4.55. The highest BCUT2D eigenvalue weighted by Crippen LogP contribution is 2.23. The van der Waals surface area contributed by atoms with Crippen LogP contribution < -0.4 is 5.32 Å². The van der Waals surface area contributed by atoms with Crippen LogP contribution in [0.15, 0.2) is 54.7 Å². The van der Waals surface area contributed by atoms with Gasteiger partial charge in [0.1, 0.15) is 5.82 Å². The van der Waals surface area contributed by atoms with Gasteiger partial charge in [0.05, 0.1) is 11.3 Å². The first-order valence-electron chi connectivity index (χ1n) is 7.60. The summed E-state index contributed by atoms with van der Waals surface area (Å²) in [4.78, 5) is 16.3. The van der Waals surface area contributed by atoms with Crippen LogP contribution >= 0.6 is 11.8 Å². The molecule has 0 saturated heterocycles. The molecule has 24 heavy (non-hydrogen) atoms. The number of hydrogen-bond acceptors (Lipinski definition) is 3. The van der Waals surface area contributed by atoms with Gasteiger partial charge in [-0.3, -0.25) is 9.78 Å². The number of para-hydroxylation sites is 1. The van der Waals surface area contributed by atoms with E-state index in [4.69, 9.17) is 0 Å². The van der Waals surface area contributed by atoms with E-state index in [2.05, 4.69) is 10.3 Å². The molecule has 0 aliphatic carbocycles. The van der Waals surface area contributed by atoms with E-state index in [-0.39, 0.29) is 11.7 Å². The molecule has 0 fully saturated rings. The van der Waals surface area contributed by atoms with Crippen LogP contribution in [0.5, 0.6) is 0 Å². The molecule has 1 N–H and O–H groups in total. The third-order valence-corrected chi connectivity index (χ3v) is 4.69. The van der Waals surface area contributed by atoms with Gasteiger partial charge in [-0.25, -0.2) is 4.39 Å². The van der Waals surface area contributed by atoms with Gasteiger partial charge in [-0.15, -0.1) is 11.8 Å². The van der Waals surface area contributed by atoms with Crippen molar-refractivity contribution in [3.05, 3.63) is 71.7 Å². The Bertz CT molecular complexity index is 882. The largest absolute Gasteiger partial charge is 0.325 e. The van der Waals surface area contributed by atoms with E-state index in [1.807, 2.05) is 31.2 Å². The summed E-state index contributed by atoms with van der Waals surface area (Å²) >= 11 is 1.49. The van der Waals surface area contributed by atoms with Crippen LogP contribution in [0.4, 0.5) is 10.1 Å². The molecule has 1 aromatic heterocycles. The van der Waals surface area contributed by atoms with E-state index in [0.717, 1.165) is 16.8 Å². The molecule has 1 heterocycles. The summed E-state index contributed by atoms with van der Waals surface area (Å²) in [6, 6.07) is 14.3. The number of thioether (sulfide) groups is 1. The normalized spacial score (nSPS) is 10.8. The van der Waals surface area contributed by atoms with Crippen molar-refractivity contribution in [2.45, 2.75) is 12.7 Å². The van der Waals surface area contributed by atoms with Crippen LogP contribution in [-0.4, -0.2) is 16.6 Å². The summed E-state index contributed by atoms with van der Waals surface area (Å²) in [6.45, 7) is 1.96. The van der Waals surface area contributed by atoms with Gasteiger partial charge in [-0.2, -0.15) is 0 Å². The molecule has 0 bridgehead atoms. The van der Waals surface area contributed by atoms with Crippen molar-refractivity contribution < 1.29 is 9.18 Å². The molecule has 3 nitrogen and oxygen atoms in total. The molecule has 3 rings (SSSR count). The SMILES string of the molecule is Cc1ccccc1NC(=O)CSCc1ccc(F)c2cccnc12. The predicted molar refractivity (Wildman–Crippen MR) is 97.7 cm³/mol. The maximum atomic E-state index is 13.8. The van der Waals surface area contributed by atoms with Crippen molar-refractivity contribution >= 4 is 34.3 Å². The van der Waals surface area contributed by atoms with Gasteiger partial charge in [0.15, 0.2) is 0 Å². The van der Waals surface area contributed by atoms with Gasteiger partial charge in [0.25, 0.3) is 0 Å². The van der Waals surface area contributed by atoms with Crippen LogP contribution in [0.2, 0.25) is 0 Å². The first kappa shape index (κ1) is 16.5. The Balaban J connectivity index is 1.62. The average Bonchev–Trinajstić information content (AvgIpc) is 2.59. The molecule has 1 amide bonds. The molecule has 0 aliphatic heterocycles. The van der Waals surface area contributed by atoms with Crippen molar-refractivity contribution in [1.29, 1.82) is 0 Å². The van der Waals surface area contributed by atoms with Crippen LogP contribution in [0.25, 0.3) is 10.9 Å². The van der Waals surface area contributed by atoms with Gasteiger partial charge >= 0.3 is 0 Å². The van der Waals surface area contributed by atoms with Crippen LogP contribution in [-0.2, 0) is 10.5 Å². The zero-order valence-corrected chi connectivity index (χ0v) is 14.1. The van der Waals surface area contributed by atoms with Crippen molar-refractivity contribution in [3.63, 3.8) is 0 Å². The van der Waals surface area contributed by atoms with E-state index in [9.17, 15) is 9.18 Å². The maximum Gasteiger partial charge on any atom is 0.234 e. The molecule has 5 heteroatoms. The lowest BCUT2D eigenvalue weighted by atomic mass is 10.1. The Labute approximate surface area is 144 Å². The average molecular weight is 340 g/mol.